The maximum Gasteiger partial charge on any atom is 0.152 e. The van der Waals surface area contributed by atoms with Crippen LogP contribution in [-0.4, -0.2) is 5.78 Å². The quantitative estimate of drug-likeness (QED) is 0.355. The van der Waals surface area contributed by atoms with Gasteiger partial charge in [-0.25, -0.2) is 0 Å². The van der Waals surface area contributed by atoms with Crippen LogP contribution in [0.15, 0.2) is 36.0 Å². The van der Waals surface area contributed by atoms with E-state index in [-0.39, 0.29) is 5.78 Å². The number of ketones is 1. The molecule has 1 nitrogen and oxygen atoms in total. The highest BCUT2D eigenvalue weighted by molar-refractivity contribution is 5.87. The molecule has 0 aliphatic rings. The molecule has 0 aromatic rings. The van der Waals surface area contributed by atoms with Crippen molar-refractivity contribution in [3.8, 4) is 0 Å². The van der Waals surface area contributed by atoms with E-state index in [1.54, 1.807) is 13.0 Å². The Kier molecular flexibility index (Phi) is 6.73. The maximum atomic E-state index is 10.6. The molecule has 0 rings (SSSR count). The van der Waals surface area contributed by atoms with Gasteiger partial charge in [-0.15, -0.1) is 6.58 Å². The molecule has 0 saturated carbocycles. The Morgan fingerprint density at radius 3 is 2.36 bits per heavy atom. The highest BCUT2D eigenvalue weighted by Gasteiger charge is 1.90. The summed E-state index contributed by atoms with van der Waals surface area (Å²) in [6, 6.07) is 0. The number of hydrogen-bond acceptors (Lipinski definition) is 1. The van der Waals surface area contributed by atoms with Gasteiger partial charge in [0.1, 0.15) is 0 Å². The molecule has 0 saturated heterocycles. The van der Waals surface area contributed by atoms with Crippen LogP contribution in [0.25, 0.3) is 0 Å². The van der Waals surface area contributed by atoms with Crippen LogP contribution in [0.5, 0.6) is 0 Å². The first-order valence-corrected chi connectivity index (χ1v) is 5.01. The lowest BCUT2D eigenvalue weighted by Gasteiger charge is -1.99. The second-order valence-corrected chi connectivity index (χ2v) is 3.79. The molecular formula is C13H20O. The molecular weight excluding hydrogens is 172 g/mol. The molecule has 0 amide bonds. The maximum absolute atomic E-state index is 10.6. The van der Waals surface area contributed by atoms with Crippen LogP contribution in [0.4, 0.5) is 0 Å². The van der Waals surface area contributed by atoms with Gasteiger partial charge in [-0.05, 0) is 46.1 Å². The standard InChI is InChI=1S/C13H20O/c1-11(2)7-5-8-12(3)9-6-10-13(4)14/h6,9-10H,1,5,7-8H2,2-4H3/b10-6+,12-9+. The summed E-state index contributed by atoms with van der Waals surface area (Å²) in [5.74, 6) is 0.0935. The van der Waals surface area contributed by atoms with Gasteiger partial charge in [-0.1, -0.05) is 23.3 Å². The largest absolute Gasteiger partial charge is 0.295 e. The van der Waals surface area contributed by atoms with Crippen LogP contribution in [-0.2, 0) is 4.79 Å². The normalized spacial score (nSPS) is 12.1. The third-order valence-electron chi connectivity index (χ3n) is 1.89. The van der Waals surface area contributed by atoms with Gasteiger partial charge in [-0.2, -0.15) is 0 Å². The summed E-state index contributed by atoms with van der Waals surface area (Å²) in [7, 11) is 0. The van der Waals surface area contributed by atoms with Crippen LogP contribution in [0.1, 0.15) is 40.0 Å². The van der Waals surface area contributed by atoms with Gasteiger partial charge in [0.2, 0.25) is 0 Å². The molecule has 0 aromatic carbocycles. The predicted molar refractivity (Wildman–Crippen MR) is 62.2 cm³/mol. The number of carbonyl (C=O) groups is 1. The Morgan fingerprint density at radius 2 is 1.86 bits per heavy atom. The van der Waals surface area contributed by atoms with E-state index in [0.717, 1.165) is 19.3 Å². The summed E-state index contributed by atoms with van der Waals surface area (Å²) >= 11 is 0. The molecule has 78 valence electrons. The van der Waals surface area contributed by atoms with Crippen molar-refractivity contribution in [3.63, 3.8) is 0 Å². The number of allylic oxidation sites excluding steroid dienone is 5. The second kappa shape index (κ2) is 7.31. The molecule has 0 aliphatic carbocycles. The van der Waals surface area contributed by atoms with E-state index in [0.29, 0.717) is 0 Å². The van der Waals surface area contributed by atoms with Crippen molar-refractivity contribution in [2.24, 2.45) is 0 Å². The van der Waals surface area contributed by atoms with E-state index < -0.39 is 0 Å². The van der Waals surface area contributed by atoms with E-state index in [2.05, 4.69) is 20.4 Å². The fourth-order valence-electron chi connectivity index (χ4n) is 1.10. The summed E-state index contributed by atoms with van der Waals surface area (Å²) in [5, 5.41) is 0. The third-order valence-corrected chi connectivity index (χ3v) is 1.89. The minimum Gasteiger partial charge on any atom is -0.295 e. The molecule has 0 heterocycles. The van der Waals surface area contributed by atoms with Crippen LogP contribution >= 0.6 is 0 Å². The number of carbonyl (C=O) groups excluding carboxylic acids is 1. The number of hydrogen-bond donors (Lipinski definition) is 0. The van der Waals surface area contributed by atoms with Gasteiger partial charge in [0.15, 0.2) is 5.78 Å². The van der Waals surface area contributed by atoms with E-state index in [1.807, 2.05) is 12.2 Å². The van der Waals surface area contributed by atoms with Gasteiger partial charge in [0.05, 0.1) is 0 Å². The molecule has 0 bridgehead atoms. The molecule has 0 spiro atoms. The highest BCUT2D eigenvalue weighted by Crippen LogP contribution is 2.10. The number of rotatable bonds is 6. The summed E-state index contributed by atoms with van der Waals surface area (Å²) in [6.07, 6.45) is 8.71. The predicted octanol–water partition coefficient (Wildman–Crippen LogP) is 3.82. The average Bonchev–Trinajstić information content (AvgIpc) is 2.02. The van der Waals surface area contributed by atoms with Crippen molar-refractivity contribution in [3.05, 3.63) is 36.0 Å². The third kappa shape index (κ3) is 8.98. The minimum atomic E-state index is 0.0935. The van der Waals surface area contributed by atoms with E-state index in [1.165, 1.54) is 11.1 Å². The first-order chi connectivity index (χ1) is 6.52. The molecule has 0 atom stereocenters. The Balaban J connectivity index is 3.78. The molecule has 0 unspecified atom stereocenters. The van der Waals surface area contributed by atoms with Crippen molar-refractivity contribution in [2.45, 2.75) is 40.0 Å². The van der Waals surface area contributed by atoms with Crippen molar-refractivity contribution in [1.29, 1.82) is 0 Å². The average molecular weight is 192 g/mol. The summed E-state index contributed by atoms with van der Waals surface area (Å²) in [5.41, 5.74) is 2.54. The van der Waals surface area contributed by atoms with Gasteiger partial charge >= 0.3 is 0 Å². The lowest BCUT2D eigenvalue weighted by Crippen LogP contribution is -1.81. The monoisotopic (exact) mass is 192 g/mol. The van der Waals surface area contributed by atoms with Crippen LogP contribution in [0, 0.1) is 0 Å². The molecule has 0 fully saturated rings. The molecule has 14 heavy (non-hydrogen) atoms. The van der Waals surface area contributed by atoms with Gasteiger partial charge in [0, 0.05) is 0 Å². The van der Waals surface area contributed by atoms with Crippen LogP contribution in [0.3, 0.4) is 0 Å². The summed E-state index contributed by atoms with van der Waals surface area (Å²) in [4.78, 5) is 10.6. The lowest BCUT2D eigenvalue weighted by molar-refractivity contribution is -0.112. The summed E-state index contributed by atoms with van der Waals surface area (Å²) in [6.45, 7) is 9.55. The first kappa shape index (κ1) is 12.9. The topological polar surface area (TPSA) is 17.1 Å². The van der Waals surface area contributed by atoms with Gasteiger partial charge in [0.25, 0.3) is 0 Å². The van der Waals surface area contributed by atoms with Gasteiger partial charge < -0.3 is 0 Å². The first-order valence-electron chi connectivity index (χ1n) is 5.01. The zero-order valence-corrected chi connectivity index (χ0v) is 9.47. The summed E-state index contributed by atoms with van der Waals surface area (Å²) < 4.78 is 0. The smallest absolute Gasteiger partial charge is 0.152 e. The molecule has 0 aromatic heterocycles. The van der Waals surface area contributed by atoms with E-state index >= 15 is 0 Å². The lowest BCUT2D eigenvalue weighted by atomic mass is 10.1. The minimum absolute atomic E-state index is 0.0935. The zero-order valence-electron chi connectivity index (χ0n) is 9.47. The Bertz CT molecular complexity index is 256. The fraction of sp³-hybridized carbons (Fsp3) is 0.462. The van der Waals surface area contributed by atoms with Crippen molar-refractivity contribution in [1.82, 2.24) is 0 Å². The molecule has 0 N–H and O–H groups in total. The van der Waals surface area contributed by atoms with E-state index in [4.69, 9.17) is 0 Å². The van der Waals surface area contributed by atoms with Crippen molar-refractivity contribution >= 4 is 5.78 Å². The van der Waals surface area contributed by atoms with Crippen LogP contribution in [0.2, 0.25) is 0 Å². The Morgan fingerprint density at radius 1 is 1.21 bits per heavy atom. The molecule has 0 radical (unpaired) electrons. The molecule has 1 heteroatoms. The SMILES string of the molecule is C=C(C)CCC/C(C)=C/C=C/C(C)=O. The highest BCUT2D eigenvalue weighted by atomic mass is 16.1. The van der Waals surface area contributed by atoms with Crippen LogP contribution < -0.4 is 0 Å². The van der Waals surface area contributed by atoms with Crippen molar-refractivity contribution < 1.29 is 4.79 Å². The fourth-order valence-corrected chi connectivity index (χ4v) is 1.10. The second-order valence-electron chi connectivity index (χ2n) is 3.79. The zero-order chi connectivity index (χ0) is 11.0. The van der Waals surface area contributed by atoms with Gasteiger partial charge in [-0.3, -0.25) is 4.79 Å². The Hall–Kier alpha value is -1.11. The van der Waals surface area contributed by atoms with Crippen molar-refractivity contribution in [2.75, 3.05) is 0 Å². The Labute approximate surface area is 87.2 Å². The molecule has 0 aliphatic heterocycles. The van der Waals surface area contributed by atoms with E-state index in [9.17, 15) is 4.79 Å².